The molecular weight excluding hydrogens is 236 g/mol. The van der Waals surface area contributed by atoms with E-state index in [-0.39, 0.29) is 0 Å². The second kappa shape index (κ2) is 7.14. The highest BCUT2D eigenvalue weighted by Gasteiger charge is 2.04. The first kappa shape index (κ1) is 13.8. The van der Waals surface area contributed by atoms with Crippen LogP contribution >= 0.6 is 11.6 Å². The minimum atomic E-state index is 0.533. The quantitative estimate of drug-likeness (QED) is 0.255. The molecule has 0 aromatic heterocycles. The Hall–Kier alpha value is -1.26. The number of aliphatic imine (C=N–C) groups is 1. The molecule has 5 heteroatoms. The molecule has 0 spiro atoms. The Bertz CT molecular complexity index is 390. The Morgan fingerprint density at radius 3 is 2.88 bits per heavy atom. The van der Waals surface area contributed by atoms with Crippen molar-refractivity contribution in [3.8, 4) is 0 Å². The maximum atomic E-state index is 6.17. The predicted octanol–water partition coefficient (Wildman–Crippen LogP) is 2.68. The lowest BCUT2D eigenvalue weighted by molar-refractivity contribution is 0.801. The van der Waals surface area contributed by atoms with Gasteiger partial charge in [-0.25, -0.2) is 5.84 Å². The molecule has 0 fully saturated rings. The SMILES string of the molecule is CCCCN=C(NN)Nc1cccc(C)c1Cl. The van der Waals surface area contributed by atoms with Crippen molar-refractivity contribution in [1.29, 1.82) is 0 Å². The van der Waals surface area contributed by atoms with Crippen molar-refractivity contribution in [1.82, 2.24) is 5.43 Å². The molecule has 0 aliphatic carbocycles. The fraction of sp³-hybridized carbons (Fsp3) is 0.417. The maximum Gasteiger partial charge on any atom is 0.210 e. The van der Waals surface area contributed by atoms with E-state index in [1.54, 1.807) is 0 Å². The van der Waals surface area contributed by atoms with Crippen molar-refractivity contribution in [2.75, 3.05) is 11.9 Å². The third-order valence-corrected chi connectivity index (χ3v) is 2.86. The van der Waals surface area contributed by atoms with E-state index in [1.165, 1.54) is 0 Å². The Morgan fingerprint density at radius 2 is 2.24 bits per heavy atom. The molecule has 0 amide bonds. The molecule has 0 radical (unpaired) electrons. The van der Waals surface area contributed by atoms with E-state index in [2.05, 4.69) is 22.7 Å². The van der Waals surface area contributed by atoms with Crippen LogP contribution in [0.2, 0.25) is 5.02 Å². The zero-order valence-corrected chi connectivity index (χ0v) is 11.0. The van der Waals surface area contributed by atoms with Gasteiger partial charge < -0.3 is 5.32 Å². The molecule has 4 N–H and O–H groups in total. The number of halogens is 1. The standard InChI is InChI=1S/C12H19ClN4/c1-3-4-8-15-12(17-14)16-10-7-5-6-9(2)11(10)13/h5-7H,3-4,8,14H2,1-2H3,(H2,15,16,17). The van der Waals surface area contributed by atoms with Gasteiger partial charge in [0.2, 0.25) is 5.96 Å². The van der Waals surface area contributed by atoms with Gasteiger partial charge in [0.25, 0.3) is 0 Å². The highest BCUT2D eigenvalue weighted by atomic mass is 35.5. The van der Waals surface area contributed by atoms with Gasteiger partial charge in [0.05, 0.1) is 10.7 Å². The number of anilines is 1. The van der Waals surface area contributed by atoms with Gasteiger partial charge in [0, 0.05) is 6.54 Å². The van der Waals surface area contributed by atoms with Crippen molar-refractivity contribution < 1.29 is 0 Å². The second-order valence-corrected chi connectivity index (χ2v) is 4.17. The minimum absolute atomic E-state index is 0.533. The number of unbranched alkanes of at least 4 members (excludes halogenated alkanes) is 1. The number of nitrogens with zero attached hydrogens (tertiary/aromatic N) is 1. The maximum absolute atomic E-state index is 6.17. The van der Waals surface area contributed by atoms with Crippen LogP contribution in [0.1, 0.15) is 25.3 Å². The molecule has 1 rings (SSSR count). The topological polar surface area (TPSA) is 62.4 Å². The first-order valence-electron chi connectivity index (χ1n) is 5.72. The summed E-state index contributed by atoms with van der Waals surface area (Å²) < 4.78 is 0. The van der Waals surface area contributed by atoms with Gasteiger partial charge in [-0.1, -0.05) is 37.1 Å². The summed E-state index contributed by atoms with van der Waals surface area (Å²) >= 11 is 6.17. The first-order valence-corrected chi connectivity index (χ1v) is 6.10. The molecule has 94 valence electrons. The van der Waals surface area contributed by atoms with Crippen LogP contribution in [0.4, 0.5) is 5.69 Å². The van der Waals surface area contributed by atoms with E-state index in [1.807, 2.05) is 25.1 Å². The van der Waals surface area contributed by atoms with Crippen LogP contribution in [-0.2, 0) is 0 Å². The van der Waals surface area contributed by atoms with Crippen molar-refractivity contribution in [3.05, 3.63) is 28.8 Å². The van der Waals surface area contributed by atoms with Gasteiger partial charge in [-0.05, 0) is 25.0 Å². The number of hydrogen-bond donors (Lipinski definition) is 3. The number of hydrogen-bond acceptors (Lipinski definition) is 2. The highest BCUT2D eigenvalue weighted by Crippen LogP contribution is 2.24. The van der Waals surface area contributed by atoms with Crippen molar-refractivity contribution in [2.45, 2.75) is 26.7 Å². The molecule has 0 saturated carbocycles. The van der Waals surface area contributed by atoms with Crippen molar-refractivity contribution in [3.63, 3.8) is 0 Å². The largest absolute Gasteiger partial charge is 0.324 e. The number of aryl methyl sites for hydroxylation is 1. The Balaban J connectivity index is 2.73. The van der Waals surface area contributed by atoms with E-state index in [4.69, 9.17) is 17.4 Å². The second-order valence-electron chi connectivity index (χ2n) is 3.79. The van der Waals surface area contributed by atoms with Crippen molar-refractivity contribution >= 4 is 23.2 Å². The lowest BCUT2D eigenvalue weighted by Crippen LogP contribution is -2.36. The van der Waals surface area contributed by atoms with Gasteiger partial charge in [-0.2, -0.15) is 0 Å². The Labute approximate surface area is 107 Å². The van der Waals surface area contributed by atoms with E-state index >= 15 is 0 Å². The molecule has 1 aromatic rings. The lowest BCUT2D eigenvalue weighted by Gasteiger charge is -2.11. The normalized spacial score (nSPS) is 11.4. The van der Waals surface area contributed by atoms with Crippen molar-refractivity contribution in [2.24, 2.45) is 10.8 Å². The summed E-state index contributed by atoms with van der Waals surface area (Å²) in [5, 5.41) is 3.76. The van der Waals surface area contributed by atoms with E-state index in [0.717, 1.165) is 30.6 Å². The number of hydrazine groups is 1. The summed E-state index contributed by atoms with van der Waals surface area (Å²) in [6.45, 7) is 4.82. The van der Waals surface area contributed by atoms with Crippen LogP contribution in [0.5, 0.6) is 0 Å². The van der Waals surface area contributed by atoms with Gasteiger partial charge in [-0.3, -0.25) is 10.4 Å². The lowest BCUT2D eigenvalue weighted by atomic mass is 10.2. The zero-order valence-electron chi connectivity index (χ0n) is 10.3. The molecule has 0 atom stereocenters. The number of nitrogens with one attached hydrogen (secondary N) is 2. The summed E-state index contributed by atoms with van der Waals surface area (Å²) in [5.74, 6) is 5.94. The van der Waals surface area contributed by atoms with Gasteiger partial charge in [-0.15, -0.1) is 0 Å². The Kier molecular flexibility index (Phi) is 5.80. The number of benzene rings is 1. The smallest absolute Gasteiger partial charge is 0.210 e. The van der Waals surface area contributed by atoms with Crippen LogP contribution in [0.3, 0.4) is 0 Å². The average Bonchev–Trinajstić information content (AvgIpc) is 2.33. The molecule has 0 aliphatic heterocycles. The highest BCUT2D eigenvalue weighted by molar-refractivity contribution is 6.34. The molecule has 0 bridgehead atoms. The van der Waals surface area contributed by atoms with Gasteiger partial charge in [0.1, 0.15) is 0 Å². The average molecular weight is 255 g/mol. The fourth-order valence-corrected chi connectivity index (χ4v) is 1.51. The minimum Gasteiger partial charge on any atom is -0.324 e. The molecule has 0 heterocycles. The van der Waals surface area contributed by atoms with Crippen LogP contribution in [0, 0.1) is 6.92 Å². The third-order valence-electron chi connectivity index (χ3n) is 2.36. The fourth-order valence-electron chi connectivity index (χ4n) is 1.34. The van der Waals surface area contributed by atoms with Crippen LogP contribution in [0.25, 0.3) is 0 Å². The summed E-state index contributed by atoms with van der Waals surface area (Å²) in [4.78, 5) is 4.31. The molecule has 0 unspecified atom stereocenters. The molecule has 4 nitrogen and oxygen atoms in total. The zero-order chi connectivity index (χ0) is 12.7. The van der Waals surface area contributed by atoms with Crippen LogP contribution in [0.15, 0.2) is 23.2 Å². The summed E-state index contributed by atoms with van der Waals surface area (Å²) in [7, 11) is 0. The third kappa shape index (κ3) is 4.24. The Morgan fingerprint density at radius 1 is 1.47 bits per heavy atom. The predicted molar refractivity (Wildman–Crippen MR) is 74.3 cm³/mol. The van der Waals surface area contributed by atoms with E-state index in [0.29, 0.717) is 11.0 Å². The van der Waals surface area contributed by atoms with E-state index < -0.39 is 0 Å². The van der Waals surface area contributed by atoms with Crippen LogP contribution < -0.4 is 16.6 Å². The van der Waals surface area contributed by atoms with Gasteiger partial charge in [0.15, 0.2) is 0 Å². The number of guanidine groups is 1. The van der Waals surface area contributed by atoms with Gasteiger partial charge >= 0.3 is 0 Å². The summed E-state index contributed by atoms with van der Waals surface area (Å²) in [6, 6.07) is 5.78. The molecule has 17 heavy (non-hydrogen) atoms. The number of nitrogens with two attached hydrogens (primary N) is 1. The molecule has 0 aliphatic rings. The summed E-state index contributed by atoms with van der Waals surface area (Å²) in [6.07, 6.45) is 2.14. The first-order chi connectivity index (χ1) is 8.19. The van der Waals surface area contributed by atoms with Crippen LogP contribution in [-0.4, -0.2) is 12.5 Å². The monoisotopic (exact) mass is 254 g/mol. The molecule has 0 saturated heterocycles. The molecule has 1 aromatic carbocycles. The summed E-state index contributed by atoms with van der Waals surface area (Å²) in [5.41, 5.74) is 4.36. The number of rotatable bonds is 4. The van der Waals surface area contributed by atoms with E-state index in [9.17, 15) is 0 Å². The molecular formula is C12H19ClN4.